The Hall–Kier alpha value is -3.98. The molecule has 4 aromatic rings. The second-order valence-corrected chi connectivity index (χ2v) is 9.48. The smallest absolute Gasteiger partial charge is 0.345 e. The zero-order valence-corrected chi connectivity index (χ0v) is 18.7. The van der Waals surface area contributed by atoms with Gasteiger partial charge in [-0.2, -0.15) is 0 Å². The van der Waals surface area contributed by atoms with Crippen molar-refractivity contribution in [2.24, 2.45) is 0 Å². The van der Waals surface area contributed by atoms with Crippen LogP contribution in [-0.2, 0) is 16.6 Å². The molecule has 33 heavy (non-hydrogen) atoms. The Kier molecular flexibility index (Phi) is 5.73. The number of nitrogens with zero attached hydrogens (tertiary/aromatic N) is 2. The summed E-state index contributed by atoms with van der Waals surface area (Å²) < 4.78 is 33.9. The lowest BCUT2D eigenvalue weighted by atomic mass is 10.1. The highest BCUT2D eigenvalue weighted by atomic mass is 32.2. The van der Waals surface area contributed by atoms with Crippen molar-refractivity contribution in [1.82, 2.24) is 0 Å². The van der Waals surface area contributed by atoms with Crippen molar-refractivity contribution in [2.45, 2.75) is 25.3 Å². The number of aryl methyl sites for hydroxylation is 2. The summed E-state index contributed by atoms with van der Waals surface area (Å²) in [4.78, 5) is 23.0. The second-order valence-electron chi connectivity index (χ2n) is 7.62. The van der Waals surface area contributed by atoms with Crippen LogP contribution in [0.25, 0.3) is 10.8 Å². The molecule has 0 aliphatic carbocycles. The standard InChI is InChI=1S/C24H20N2O6S/c1-16-8-13-21-17(2)23(32-24(27)22(21)14-16)25(15-18-6-4-3-5-7-18)33(30,31)20-11-9-19(10-12-20)26(28)29/h3-14H,15H2,1-2H3. The molecule has 0 amide bonds. The van der Waals surface area contributed by atoms with E-state index in [-0.39, 0.29) is 23.0 Å². The number of anilines is 1. The molecule has 0 saturated heterocycles. The summed E-state index contributed by atoms with van der Waals surface area (Å²) in [5, 5.41) is 11.9. The van der Waals surface area contributed by atoms with Crippen LogP contribution in [0.15, 0.2) is 86.9 Å². The van der Waals surface area contributed by atoms with E-state index in [1.54, 1.807) is 43.3 Å². The summed E-state index contributed by atoms with van der Waals surface area (Å²) >= 11 is 0. The lowest BCUT2D eigenvalue weighted by molar-refractivity contribution is -0.384. The van der Waals surface area contributed by atoms with E-state index in [4.69, 9.17) is 4.42 Å². The quantitative estimate of drug-likeness (QED) is 0.302. The first-order valence-corrected chi connectivity index (χ1v) is 11.5. The van der Waals surface area contributed by atoms with Gasteiger partial charge in [-0.15, -0.1) is 0 Å². The maximum atomic E-state index is 13.7. The van der Waals surface area contributed by atoms with Crippen LogP contribution in [0.5, 0.6) is 0 Å². The van der Waals surface area contributed by atoms with Crippen LogP contribution >= 0.6 is 0 Å². The Labute approximate surface area is 189 Å². The molecule has 0 fully saturated rings. The van der Waals surface area contributed by atoms with Crippen molar-refractivity contribution in [1.29, 1.82) is 0 Å². The van der Waals surface area contributed by atoms with Crippen LogP contribution in [-0.4, -0.2) is 13.3 Å². The molecule has 0 bridgehead atoms. The Balaban J connectivity index is 1.92. The molecule has 9 heteroatoms. The minimum Gasteiger partial charge on any atom is -0.405 e. The molecule has 4 rings (SSSR count). The number of hydrogen-bond donors (Lipinski definition) is 0. The fourth-order valence-corrected chi connectivity index (χ4v) is 5.05. The van der Waals surface area contributed by atoms with Gasteiger partial charge < -0.3 is 4.42 Å². The molecule has 168 valence electrons. The number of benzene rings is 3. The predicted octanol–water partition coefficient (Wildman–Crippen LogP) is 4.71. The molecule has 1 aromatic heterocycles. The molecule has 0 atom stereocenters. The maximum absolute atomic E-state index is 13.7. The Bertz CT molecular complexity index is 1510. The number of fused-ring (bicyclic) bond motifs is 1. The molecular formula is C24H20N2O6S. The highest BCUT2D eigenvalue weighted by Crippen LogP contribution is 2.32. The van der Waals surface area contributed by atoms with Gasteiger partial charge in [-0.1, -0.05) is 48.0 Å². The van der Waals surface area contributed by atoms with Crippen molar-refractivity contribution < 1.29 is 17.8 Å². The molecule has 0 radical (unpaired) electrons. The van der Waals surface area contributed by atoms with E-state index in [1.165, 1.54) is 12.1 Å². The van der Waals surface area contributed by atoms with Gasteiger partial charge in [0.15, 0.2) is 0 Å². The van der Waals surface area contributed by atoms with E-state index < -0.39 is 20.6 Å². The maximum Gasteiger partial charge on any atom is 0.345 e. The second kappa shape index (κ2) is 8.51. The minimum absolute atomic E-state index is 0.0959. The molecule has 8 nitrogen and oxygen atoms in total. The normalized spacial score (nSPS) is 11.5. The molecule has 0 aliphatic heterocycles. The SMILES string of the molecule is Cc1ccc2c(C)c(N(Cc3ccccc3)S(=O)(=O)c3ccc([N+](=O)[O-])cc3)oc(=O)c2c1. The van der Waals surface area contributed by atoms with Crippen molar-refractivity contribution >= 4 is 32.4 Å². The summed E-state index contributed by atoms with van der Waals surface area (Å²) in [5.41, 5.74) is 1.17. The fraction of sp³-hybridized carbons (Fsp3) is 0.125. The van der Waals surface area contributed by atoms with Gasteiger partial charge in [0.05, 0.1) is 21.7 Å². The number of nitro benzene ring substituents is 1. The number of sulfonamides is 1. The lowest BCUT2D eigenvalue weighted by Crippen LogP contribution is -2.32. The van der Waals surface area contributed by atoms with Gasteiger partial charge in [-0.25, -0.2) is 17.5 Å². The van der Waals surface area contributed by atoms with E-state index in [0.717, 1.165) is 22.0 Å². The van der Waals surface area contributed by atoms with Crippen LogP contribution in [0.1, 0.15) is 16.7 Å². The number of rotatable bonds is 6. The van der Waals surface area contributed by atoms with Crippen LogP contribution < -0.4 is 9.93 Å². The Morgan fingerprint density at radius 3 is 2.24 bits per heavy atom. The predicted molar refractivity (Wildman–Crippen MR) is 125 cm³/mol. The topological polar surface area (TPSA) is 111 Å². The molecule has 0 unspecified atom stereocenters. The summed E-state index contributed by atoms with van der Waals surface area (Å²) in [6, 6.07) is 18.8. The van der Waals surface area contributed by atoms with E-state index in [0.29, 0.717) is 21.9 Å². The van der Waals surface area contributed by atoms with Gasteiger partial charge in [0.1, 0.15) is 0 Å². The number of nitro groups is 1. The van der Waals surface area contributed by atoms with Crippen molar-refractivity contribution in [2.75, 3.05) is 4.31 Å². The summed E-state index contributed by atoms with van der Waals surface area (Å²) in [7, 11) is -4.23. The lowest BCUT2D eigenvalue weighted by Gasteiger charge is -2.25. The average molecular weight is 464 g/mol. The van der Waals surface area contributed by atoms with Crippen molar-refractivity contribution in [3.63, 3.8) is 0 Å². The van der Waals surface area contributed by atoms with Crippen molar-refractivity contribution in [3.8, 4) is 0 Å². The van der Waals surface area contributed by atoms with E-state index >= 15 is 0 Å². The summed E-state index contributed by atoms with van der Waals surface area (Å²) in [6.07, 6.45) is 0. The average Bonchev–Trinajstić information content (AvgIpc) is 2.80. The molecule has 0 aliphatic rings. The van der Waals surface area contributed by atoms with Crippen LogP contribution in [0, 0.1) is 24.0 Å². The first kappa shape index (κ1) is 22.2. The molecule has 0 spiro atoms. The molecular weight excluding hydrogens is 444 g/mol. The Morgan fingerprint density at radius 2 is 1.61 bits per heavy atom. The van der Waals surface area contributed by atoms with Gasteiger partial charge >= 0.3 is 5.63 Å². The molecule has 0 saturated carbocycles. The van der Waals surface area contributed by atoms with E-state index in [9.17, 15) is 23.3 Å². The highest BCUT2D eigenvalue weighted by molar-refractivity contribution is 7.92. The zero-order valence-electron chi connectivity index (χ0n) is 17.9. The third-order valence-corrected chi connectivity index (χ3v) is 7.08. The first-order valence-electron chi connectivity index (χ1n) is 10.0. The molecule has 3 aromatic carbocycles. The van der Waals surface area contributed by atoms with E-state index in [1.807, 2.05) is 19.1 Å². The highest BCUT2D eigenvalue weighted by Gasteiger charge is 2.30. The molecule has 1 heterocycles. The van der Waals surface area contributed by atoms with Gasteiger partial charge in [0.2, 0.25) is 5.88 Å². The fourth-order valence-electron chi connectivity index (χ4n) is 3.61. The van der Waals surface area contributed by atoms with E-state index in [2.05, 4.69) is 0 Å². The van der Waals surface area contributed by atoms with Crippen LogP contribution in [0.2, 0.25) is 0 Å². The van der Waals surface area contributed by atoms with Crippen LogP contribution in [0.4, 0.5) is 11.6 Å². The van der Waals surface area contributed by atoms with Gasteiger partial charge in [-0.05, 0) is 43.0 Å². The van der Waals surface area contributed by atoms with Gasteiger partial charge in [0.25, 0.3) is 15.7 Å². The van der Waals surface area contributed by atoms with Crippen LogP contribution in [0.3, 0.4) is 0 Å². The van der Waals surface area contributed by atoms with Gasteiger partial charge in [0, 0.05) is 17.7 Å². The first-order chi connectivity index (χ1) is 15.7. The third-order valence-electron chi connectivity index (χ3n) is 5.34. The largest absolute Gasteiger partial charge is 0.405 e. The number of non-ortho nitro benzene ring substituents is 1. The van der Waals surface area contributed by atoms with Gasteiger partial charge in [-0.3, -0.25) is 10.1 Å². The van der Waals surface area contributed by atoms with Crippen molar-refractivity contribution in [3.05, 3.63) is 110 Å². The Morgan fingerprint density at radius 1 is 0.939 bits per heavy atom. The zero-order chi connectivity index (χ0) is 23.8. The molecule has 0 N–H and O–H groups in total. The summed E-state index contributed by atoms with van der Waals surface area (Å²) in [6.45, 7) is 3.45. The minimum atomic E-state index is -4.23. The monoisotopic (exact) mass is 464 g/mol. The third kappa shape index (κ3) is 4.22. The summed E-state index contributed by atoms with van der Waals surface area (Å²) in [5.74, 6) is -0.0986. The number of hydrogen-bond acceptors (Lipinski definition) is 6.